The fourth-order valence-electron chi connectivity index (χ4n) is 3.98. The number of hydrogen-bond donors (Lipinski definition) is 1. The monoisotopic (exact) mass is 394 g/mol. The van der Waals surface area contributed by atoms with Crippen LogP contribution in [0.3, 0.4) is 0 Å². The van der Waals surface area contributed by atoms with Gasteiger partial charge in [0.2, 0.25) is 5.70 Å². The van der Waals surface area contributed by atoms with Crippen molar-refractivity contribution in [3.63, 3.8) is 0 Å². The molecule has 0 unspecified atom stereocenters. The molecule has 4 rings (SSSR count). The first-order valence-electron chi connectivity index (χ1n) is 9.97. The second kappa shape index (κ2) is 8.27. The van der Waals surface area contributed by atoms with E-state index in [-0.39, 0.29) is 5.91 Å². The predicted molar refractivity (Wildman–Crippen MR) is 112 cm³/mol. The van der Waals surface area contributed by atoms with Crippen LogP contribution >= 0.6 is 0 Å². The molecule has 1 saturated heterocycles. The maximum atomic E-state index is 13.0. The number of piperazine rings is 1. The summed E-state index contributed by atoms with van der Waals surface area (Å²) in [5.41, 5.74) is 5.45. The van der Waals surface area contributed by atoms with Crippen LogP contribution in [0.2, 0.25) is 0 Å². The average molecular weight is 394 g/mol. The average Bonchev–Trinajstić information content (AvgIpc) is 3.17. The van der Waals surface area contributed by atoms with Gasteiger partial charge in [-0.3, -0.25) is 15.0 Å². The Hall–Kier alpha value is -2.83. The van der Waals surface area contributed by atoms with Crippen LogP contribution in [-0.4, -0.2) is 56.1 Å². The SMILES string of the molecule is COc1ccc(CN2CCN(C(=O)C3=Cc4cc(C)ccc4[NH2+]3)CC2)cc1OC. The van der Waals surface area contributed by atoms with Crippen molar-refractivity contribution in [3.8, 4) is 11.5 Å². The number of aryl methyl sites for hydroxylation is 1. The zero-order valence-electron chi connectivity index (χ0n) is 17.3. The summed E-state index contributed by atoms with van der Waals surface area (Å²) in [6, 6.07) is 12.3. The smallest absolute Gasteiger partial charge is 0.308 e. The van der Waals surface area contributed by atoms with Crippen molar-refractivity contribution in [1.82, 2.24) is 9.80 Å². The summed E-state index contributed by atoms with van der Waals surface area (Å²) in [6.45, 7) is 6.12. The molecule has 1 amide bonds. The van der Waals surface area contributed by atoms with Gasteiger partial charge in [-0.15, -0.1) is 0 Å². The van der Waals surface area contributed by atoms with Gasteiger partial charge in [0.1, 0.15) is 5.69 Å². The number of rotatable bonds is 5. The molecule has 152 valence electrons. The Kier molecular flexibility index (Phi) is 5.56. The van der Waals surface area contributed by atoms with Crippen LogP contribution in [0.15, 0.2) is 42.1 Å². The van der Waals surface area contributed by atoms with Gasteiger partial charge in [-0.25, -0.2) is 0 Å². The van der Waals surface area contributed by atoms with Crippen LogP contribution < -0.4 is 14.8 Å². The minimum atomic E-state index is 0.129. The standard InChI is InChI=1S/C23H27N3O3/c1-16-4-6-19-18(12-16)14-20(24-19)23(27)26-10-8-25(9-11-26)15-17-5-7-21(28-2)22(13-17)29-3/h4-7,12-14,24H,8-11,15H2,1-3H3/p+1. The van der Waals surface area contributed by atoms with Gasteiger partial charge in [0.25, 0.3) is 0 Å². The lowest BCUT2D eigenvalue weighted by Gasteiger charge is -2.34. The Morgan fingerprint density at radius 1 is 1.00 bits per heavy atom. The molecule has 1 fully saturated rings. The molecular formula is C23H28N3O3+. The molecule has 2 aliphatic rings. The third-order valence-electron chi connectivity index (χ3n) is 5.62. The van der Waals surface area contributed by atoms with Crippen molar-refractivity contribution in [2.45, 2.75) is 13.5 Å². The first-order chi connectivity index (χ1) is 14.1. The number of quaternary nitrogens is 1. The number of methoxy groups -OCH3 is 2. The lowest BCUT2D eigenvalue weighted by molar-refractivity contribution is -0.507. The van der Waals surface area contributed by atoms with Crippen LogP contribution in [0.5, 0.6) is 11.5 Å². The molecule has 29 heavy (non-hydrogen) atoms. The first-order valence-corrected chi connectivity index (χ1v) is 9.97. The van der Waals surface area contributed by atoms with Gasteiger partial charge in [0.15, 0.2) is 11.5 Å². The van der Waals surface area contributed by atoms with E-state index in [9.17, 15) is 4.79 Å². The van der Waals surface area contributed by atoms with Crippen LogP contribution in [0.4, 0.5) is 5.69 Å². The van der Waals surface area contributed by atoms with Crippen LogP contribution in [0.25, 0.3) is 6.08 Å². The number of ether oxygens (including phenoxy) is 2. The second-order valence-electron chi connectivity index (χ2n) is 7.63. The largest absolute Gasteiger partial charge is 0.493 e. The molecule has 2 aliphatic heterocycles. The van der Waals surface area contributed by atoms with E-state index < -0.39 is 0 Å². The van der Waals surface area contributed by atoms with Gasteiger partial charge in [-0.2, -0.15) is 0 Å². The van der Waals surface area contributed by atoms with E-state index in [2.05, 4.69) is 36.1 Å². The number of carbonyl (C=O) groups excluding carboxylic acids is 1. The van der Waals surface area contributed by atoms with Crippen LogP contribution in [-0.2, 0) is 11.3 Å². The second-order valence-corrected chi connectivity index (χ2v) is 7.63. The third kappa shape index (κ3) is 4.13. The molecule has 0 radical (unpaired) electrons. The van der Waals surface area contributed by atoms with Crippen molar-refractivity contribution < 1.29 is 19.6 Å². The molecule has 0 saturated carbocycles. The highest BCUT2D eigenvalue weighted by Crippen LogP contribution is 2.28. The molecule has 2 N–H and O–H groups in total. The Labute approximate surface area is 171 Å². The lowest BCUT2D eigenvalue weighted by atomic mass is 10.1. The highest BCUT2D eigenvalue weighted by atomic mass is 16.5. The minimum absolute atomic E-state index is 0.129. The highest BCUT2D eigenvalue weighted by Gasteiger charge is 2.30. The molecular weight excluding hydrogens is 366 g/mol. The van der Waals surface area contributed by atoms with E-state index in [1.54, 1.807) is 14.2 Å². The van der Waals surface area contributed by atoms with Crippen molar-refractivity contribution >= 4 is 17.7 Å². The van der Waals surface area contributed by atoms with Gasteiger partial charge in [-0.05, 0) is 30.7 Å². The topological polar surface area (TPSA) is 58.6 Å². The Morgan fingerprint density at radius 3 is 2.48 bits per heavy atom. The number of nitrogens with zero attached hydrogens (tertiary/aromatic N) is 2. The summed E-state index contributed by atoms with van der Waals surface area (Å²) >= 11 is 0. The molecule has 0 bridgehead atoms. The molecule has 2 aromatic rings. The van der Waals surface area contributed by atoms with Crippen molar-refractivity contribution in [1.29, 1.82) is 0 Å². The number of fused-ring (bicyclic) bond motifs is 1. The van der Waals surface area contributed by atoms with Crippen molar-refractivity contribution in [2.75, 3.05) is 40.4 Å². The molecule has 2 aromatic carbocycles. The lowest BCUT2D eigenvalue weighted by Crippen LogP contribution is -2.77. The quantitative estimate of drug-likeness (QED) is 0.787. The molecule has 0 aromatic heterocycles. The van der Waals surface area contributed by atoms with E-state index >= 15 is 0 Å². The van der Waals surface area contributed by atoms with Crippen molar-refractivity contribution in [3.05, 3.63) is 58.8 Å². The van der Waals surface area contributed by atoms with Gasteiger partial charge in [0, 0.05) is 50.4 Å². The molecule has 0 spiro atoms. The summed E-state index contributed by atoms with van der Waals surface area (Å²) in [6.07, 6.45) is 2.01. The summed E-state index contributed by atoms with van der Waals surface area (Å²) in [5.74, 6) is 1.62. The van der Waals surface area contributed by atoms with Gasteiger partial charge in [-0.1, -0.05) is 17.7 Å². The number of carbonyl (C=O) groups is 1. The number of hydrogen-bond acceptors (Lipinski definition) is 4. The third-order valence-corrected chi connectivity index (χ3v) is 5.62. The highest BCUT2D eigenvalue weighted by molar-refractivity contribution is 5.97. The normalized spacial score (nSPS) is 16.4. The van der Waals surface area contributed by atoms with Crippen LogP contribution in [0.1, 0.15) is 16.7 Å². The van der Waals surface area contributed by atoms with E-state index in [1.165, 1.54) is 11.1 Å². The van der Waals surface area contributed by atoms with Gasteiger partial charge in [0.05, 0.1) is 14.2 Å². The van der Waals surface area contributed by atoms with E-state index in [0.717, 1.165) is 61.2 Å². The zero-order valence-corrected chi connectivity index (χ0v) is 17.3. The number of nitrogens with two attached hydrogens (primary N) is 1. The predicted octanol–water partition coefficient (Wildman–Crippen LogP) is 1.91. The molecule has 0 aliphatic carbocycles. The summed E-state index contributed by atoms with van der Waals surface area (Å²) in [5, 5.41) is 2.01. The maximum Gasteiger partial charge on any atom is 0.308 e. The first kappa shape index (κ1) is 19.5. The van der Waals surface area contributed by atoms with E-state index in [0.29, 0.717) is 0 Å². The molecule has 6 heteroatoms. The van der Waals surface area contributed by atoms with Gasteiger partial charge >= 0.3 is 5.91 Å². The van der Waals surface area contributed by atoms with Gasteiger partial charge < -0.3 is 14.4 Å². The summed E-state index contributed by atoms with van der Waals surface area (Å²) < 4.78 is 10.7. The summed E-state index contributed by atoms with van der Waals surface area (Å²) in [7, 11) is 3.30. The Balaban J connectivity index is 1.34. The molecule has 0 atom stereocenters. The van der Waals surface area contributed by atoms with E-state index in [1.807, 2.05) is 28.4 Å². The fraction of sp³-hybridized carbons (Fsp3) is 0.348. The van der Waals surface area contributed by atoms with Crippen molar-refractivity contribution in [2.24, 2.45) is 0 Å². The summed E-state index contributed by atoms with van der Waals surface area (Å²) in [4.78, 5) is 17.3. The Morgan fingerprint density at radius 2 is 1.76 bits per heavy atom. The van der Waals surface area contributed by atoms with E-state index in [4.69, 9.17) is 9.47 Å². The number of amides is 1. The fourth-order valence-corrected chi connectivity index (χ4v) is 3.98. The number of benzene rings is 2. The van der Waals surface area contributed by atoms with Crippen LogP contribution in [0, 0.1) is 6.92 Å². The zero-order chi connectivity index (χ0) is 20.4. The minimum Gasteiger partial charge on any atom is -0.493 e. The molecule has 6 nitrogen and oxygen atoms in total. The molecule has 2 heterocycles. The maximum absolute atomic E-state index is 13.0. The Bertz CT molecular complexity index is 946.